The van der Waals surface area contributed by atoms with E-state index in [0.29, 0.717) is 17.0 Å². The van der Waals surface area contributed by atoms with Gasteiger partial charge in [0.05, 0.1) is 13.2 Å². The fraction of sp³-hybridized carbons (Fsp3) is 0.500. The second-order valence-corrected chi connectivity index (χ2v) is 9.02. The van der Waals surface area contributed by atoms with Gasteiger partial charge in [0.1, 0.15) is 30.0 Å². The van der Waals surface area contributed by atoms with Crippen LogP contribution in [0.25, 0.3) is 0 Å². The highest BCUT2D eigenvalue weighted by molar-refractivity contribution is 6.31. The smallest absolute Gasteiger partial charge is 0.123 e. The predicted molar refractivity (Wildman–Crippen MR) is 116 cm³/mol. The third kappa shape index (κ3) is 3.80. The molecule has 1 aliphatic carbocycles. The zero-order valence-electron chi connectivity index (χ0n) is 17.4. The summed E-state index contributed by atoms with van der Waals surface area (Å²) in [5, 5.41) is 51.8. The van der Waals surface area contributed by atoms with Crippen LogP contribution in [-0.4, -0.2) is 63.2 Å². The van der Waals surface area contributed by atoms with E-state index in [2.05, 4.69) is 31.2 Å². The van der Waals surface area contributed by atoms with Crippen molar-refractivity contribution < 1.29 is 30.3 Å². The van der Waals surface area contributed by atoms with Crippen LogP contribution in [0.4, 0.5) is 0 Å². The van der Waals surface area contributed by atoms with E-state index in [0.717, 1.165) is 23.1 Å². The molecule has 1 spiro atoms. The molecule has 0 radical (unpaired) electrons. The van der Waals surface area contributed by atoms with Crippen LogP contribution in [-0.2, 0) is 23.2 Å². The normalized spacial score (nSPS) is 32.4. The first-order valence-corrected chi connectivity index (χ1v) is 11.1. The highest BCUT2D eigenvalue weighted by Crippen LogP contribution is 2.53. The summed E-state index contributed by atoms with van der Waals surface area (Å²) in [6.07, 6.45) is -3.63. The van der Waals surface area contributed by atoms with E-state index in [1.165, 1.54) is 5.56 Å². The van der Waals surface area contributed by atoms with Crippen molar-refractivity contribution in [3.8, 4) is 0 Å². The number of aliphatic hydroxyl groups excluding tert-OH is 5. The zero-order chi connectivity index (χ0) is 22.3. The van der Waals surface area contributed by atoms with Gasteiger partial charge in [0.2, 0.25) is 0 Å². The Labute approximate surface area is 186 Å². The minimum absolute atomic E-state index is 0.179. The first-order chi connectivity index (χ1) is 14.8. The molecule has 1 aliphatic heterocycles. The van der Waals surface area contributed by atoms with E-state index < -0.39 is 36.6 Å². The van der Waals surface area contributed by atoms with Gasteiger partial charge in [0, 0.05) is 10.9 Å². The second-order valence-electron chi connectivity index (χ2n) is 8.62. The van der Waals surface area contributed by atoms with Crippen molar-refractivity contribution in [3.05, 3.63) is 69.2 Å². The van der Waals surface area contributed by atoms with E-state index in [4.69, 9.17) is 16.3 Å². The maximum absolute atomic E-state index is 10.9. The topological polar surface area (TPSA) is 110 Å². The van der Waals surface area contributed by atoms with Gasteiger partial charge in [0.25, 0.3) is 0 Å². The average Bonchev–Trinajstić information content (AvgIpc) is 3.08. The minimum Gasteiger partial charge on any atom is -0.396 e. The molecule has 168 valence electrons. The largest absolute Gasteiger partial charge is 0.396 e. The molecule has 2 aliphatic rings. The maximum Gasteiger partial charge on any atom is 0.123 e. The lowest BCUT2D eigenvalue weighted by molar-refractivity contribution is -0.280. The number of aliphatic hydroxyl groups is 5. The molecule has 7 heteroatoms. The molecular formula is C24H29ClO6. The summed E-state index contributed by atoms with van der Waals surface area (Å²) < 4.78 is 6.05. The summed E-state index contributed by atoms with van der Waals surface area (Å²) in [6, 6.07) is 11.9. The van der Waals surface area contributed by atoms with Crippen molar-refractivity contribution in [1.29, 1.82) is 0 Å². The number of fused-ring (bicyclic) bond motifs is 2. The molecule has 31 heavy (non-hydrogen) atoms. The summed E-state index contributed by atoms with van der Waals surface area (Å²) in [4.78, 5) is 0. The molecule has 0 bridgehead atoms. The summed E-state index contributed by atoms with van der Waals surface area (Å²) in [7, 11) is 0. The minimum atomic E-state index is -1.49. The van der Waals surface area contributed by atoms with Crippen molar-refractivity contribution >= 4 is 11.6 Å². The molecule has 1 fully saturated rings. The van der Waals surface area contributed by atoms with Crippen molar-refractivity contribution in [2.24, 2.45) is 0 Å². The molecule has 0 aromatic heterocycles. The van der Waals surface area contributed by atoms with E-state index in [9.17, 15) is 25.5 Å². The van der Waals surface area contributed by atoms with Crippen LogP contribution in [0.15, 0.2) is 36.4 Å². The van der Waals surface area contributed by atoms with Crippen molar-refractivity contribution in [2.75, 3.05) is 13.2 Å². The second kappa shape index (κ2) is 8.79. The Balaban J connectivity index is 1.77. The van der Waals surface area contributed by atoms with E-state index in [1.54, 1.807) is 6.07 Å². The zero-order valence-corrected chi connectivity index (χ0v) is 18.2. The van der Waals surface area contributed by atoms with Crippen molar-refractivity contribution in [3.63, 3.8) is 0 Å². The van der Waals surface area contributed by atoms with Gasteiger partial charge in [-0.15, -0.1) is 0 Å². The van der Waals surface area contributed by atoms with Gasteiger partial charge in [-0.2, -0.15) is 0 Å². The average molecular weight is 449 g/mol. The Morgan fingerprint density at radius 2 is 1.68 bits per heavy atom. The Hall–Kier alpha value is -1.51. The van der Waals surface area contributed by atoms with Gasteiger partial charge >= 0.3 is 0 Å². The number of rotatable bonds is 5. The van der Waals surface area contributed by atoms with Crippen LogP contribution in [0.2, 0.25) is 5.02 Å². The number of aryl methyl sites for hydroxylation is 1. The molecule has 5 N–H and O–H groups in total. The molecule has 1 saturated heterocycles. The summed E-state index contributed by atoms with van der Waals surface area (Å²) in [6.45, 7) is 1.42. The monoisotopic (exact) mass is 448 g/mol. The van der Waals surface area contributed by atoms with Gasteiger partial charge in [-0.1, -0.05) is 48.9 Å². The first-order valence-electron chi connectivity index (χ1n) is 10.7. The Morgan fingerprint density at radius 1 is 1.00 bits per heavy atom. The third-order valence-corrected chi connectivity index (χ3v) is 7.14. The summed E-state index contributed by atoms with van der Waals surface area (Å²) >= 11 is 6.60. The molecule has 1 heterocycles. The molecular weight excluding hydrogens is 420 g/mol. The fourth-order valence-electron chi connectivity index (χ4n) is 4.96. The predicted octanol–water partition coefficient (Wildman–Crippen LogP) is 1.64. The van der Waals surface area contributed by atoms with Crippen molar-refractivity contribution in [2.45, 2.75) is 62.1 Å². The summed E-state index contributed by atoms with van der Waals surface area (Å²) in [5.41, 5.74) is 3.19. The lowest BCUT2D eigenvalue weighted by Crippen LogP contribution is -2.62. The van der Waals surface area contributed by atoms with Gasteiger partial charge in [-0.25, -0.2) is 0 Å². The van der Waals surface area contributed by atoms with Crippen LogP contribution in [0.3, 0.4) is 0 Å². The first kappa shape index (κ1) is 22.7. The summed E-state index contributed by atoms with van der Waals surface area (Å²) in [5.74, 6) is -0.346. The van der Waals surface area contributed by atoms with Gasteiger partial charge < -0.3 is 30.3 Å². The standard InChI is InChI=1S/C24H29ClO6/c1-2-13-3-5-14(6-4-13)7-15-8-18-17(9-19(15)25)16(11-26)10-24(18)23(30)22(29)21(28)20(12-27)31-24/h3-6,8-9,16,20-23,26-30H,2,7,10-12H2,1H3/t16?,20-,21-,22+,23-,24+/m1/s1. The van der Waals surface area contributed by atoms with Crippen LogP contribution in [0.1, 0.15) is 47.1 Å². The van der Waals surface area contributed by atoms with Crippen LogP contribution in [0.5, 0.6) is 0 Å². The van der Waals surface area contributed by atoms with E-state index >= 15 is 0 Å². The van der Waals surface area contributed by atoms with Gasteiger partial charge in [0.15, 0.2) is 0 Å². The molecule has 6 nitrogen and oxygen atoms in total. The van der Waals surface area contributed by atoms with E-state index in [1.807, 2.05) is 6.07 Å². The number of ether oxygens (including phenoxy) is 1. The molecule has 2 aromatic carbocycles. The highest BCUT2D eigenvalue weighted by atomic mass is 35.5. The Kier molecular flexibility index (Phi) is 6.43. The van der Waals surface area contributed by atoms with E-state index in [-0.39, 0.29) is 18.9 Å². The molecule has 4 rings (SSSR count). The van der Waals surface area contributed by atoms with Crippen LogP contribution < -0.4 is 0 Å². The van der Waals surface area contributed by atoms with Crippen LogP contribution in [0, 0.1) is 0 Å². The van der Waals surface area contributed by atoms with Crippen molar-refractivity contribution in [1.82, 2.24) is 0 Å². The lowest BCUT2D eigenvalue weighted by Gasteiger charge is -2.47. The van der Waals surface area contributed by atoms with Crippen LogP contribution >= 0.6 is 11.6 Å². The van der Waals surface area contributed by atoms with Gasteiger partial charge in [-0.3, -0.25) is 0 Å². The molecule has 0 saturated carbocycles. The number of hydrogen-bond donors (Lipinski definition) is 5. The molecule has 0 amide bonds. The number of hydrogen-bond acceptors (Lipinski definition) is 6. The SMILES string of the molecule is CCc1ccc(Cc2cc3c(cc2Cl)C(CO)C[C@]32O[C@H](CO)[C@@H](O)[C@H](O)[C@H]2O)cc1. The highest BCUT2D eigenvalue weighted by Gasteiger charge is 2.58. The molecule has 6 atom stereocenters. The molecule has 2 aromatic rings. The van der Waals surface area contributed by atoms with Gasteiger partial charge in [-0.05, 0) is 53.1 Å². The number of halogens is 1. The Morgan fingerprint density at radius 3 is 2.29 bits per heavy atom. The lowest BCUT2D eigenvalue weighted by atomic mass is 9.80. The third-order valence-electron chi connectivity index (χ3n) is 6.78. The Bertz CT molecular complexity index is 930. The maximum atomic E-state index is 10.9. The quantitative estimate of drug-likeness (QED) is 0.475. The fourth-order valence-corrected chi connectivity index (χ4v) is 5.20. The number of benzene rings is 2. The molecule has 1 unspecified atom stereocenters.